The van der Waals surface area contributed by atoms with Crippen LogP contribution in [0.15, 0.2) is 41.8 Å². The summed E-state index contributed by atoms with van der Waals surface area (Å²) in [4.78, 5) is 35.2. The van der Waals surface area contributed by atoms with Crippen LogP contribution in [0.2, 0.25) is 0 Å². The summed E-state index contributed by atoms with van der Waals surface area (Å²) in [6.07, 6.45) is 0.758. The number of hydrogen-bond acceptors (Lipinski definition) is 5. The molecule has 2 rings (SSSR count). The normalized spacial score (nSPS) is 11.4. The summed E-state index contributed by atoms with van der Waals surface area (Å²) in [6, 6.07) is 10.3. The number of benzene rings is 1. The first-order chi connectivity index (χ1) is 13.0. The summed E-state index contributed by atoms with van der Waals surface area (Å²) in [7, 11) is 0. The van der Waals surface area contributed by atoms with Crippen LogP contribution in [0, 0.1) is 0 Å². The van der Waals surface area contributed by atoms with E-state index in [2.05, 4.69) is 10.6 Å². The number of nitrogens with one attached hydrogen (secondary N) is 2. The van der Waals surface area contributed by atoms with Crippen LogP contribution in [0.25, 0.3) is 0 Å². The van der Waals surface area contributed by atoms with Crippen LogP contribution in [0.1, 0.15) is 35.7 Å². The molecule has 144 valence electrons. The van der Waals surface area contributed by atoms with Crippen molar-refractivity contribution >= 4 is 34.3 Å². The molecule has 1 aromatic carbocycles. The highest BCUT2D eigenvalue weighted by atomic mass is 32.1. The minimum Gasteiger partial charge on any atom is -0.481 e. The molecule has 7 nitrogen and oxygen atoms in total. The van der Waals surface area contributed by atoms with Gasteiger partial charge in [0.2, 0.25) is 0 Å². The van der Waals surface area contributed by atoms with Crippen molar-refractivity contribution in [1.82, 2.24) is 5.32 Å². The number of rotatable bonds is 9. The zero-order valence-electron chi connectivity index (χ0n) is 14.9. The molecule has 2 amide bonds. The van der Waals surface area contributed by atoms with Gasteiger partial charge in [-0.25, -0.2) is 9.59 Å². The van der Waals surface area contributed by atoms with Crippen LogP contribution in [-0.4, -0.2) is 35.7 Å². The summed E-state index contributed by atoms with van der Waals surface area (Å²) in [5.74, 6) is -1.42. The predicted molar refractivity (Wildman–Crippen MR) is 103 cm³/mol. The lowest BCUT2D eigenvalue weighted by atomic mass is 10.0. The molecule has 1 atom stereocenters. The lowest BCUT2D eigenvalue weighted by Gasteiger charge is -2.18. The van der Waals surface area contributed by atoms with Gasteiger partial charge in [0.1, 0.15) is 5.00 Å². The minimum atomic E-state index is -0.918. The lowest BCUT2D eigenvalue weighted by molar-refractivity contribution is -0.137. The number of carboxylic acids is 1. The first-order valence-electron chi connectivity index (χ1n) is 8.57. The molecule has 1 unspecified atom stereocenters. The van der Waals surface area contributed by atoms with E-state index in [0.717, 1.165) is 5.56 Å². The summed E-state index contributed by atoms with van der Waals surface area (Å²) < 4.78 is 4.96. The molecule has 0 aliphatic heterocycles. The number of amides is 2. The molecule has 1 aromatic heterocycles. The molecule has 0 radical (unpaired) electrons. The van der Waals surface area contributed by atoms with Crippen molar-refractivity contribution in [1.29, 1.82) is 0 Å². The van der Waals surface area contributed by atoms with Gasteiger partial charge in [-0.3, -0.25) is 10.1 Å². The van der Waals surface area contributed by atoms with Gasteiger partial charge in [-0.2, -0.15) is 0 Å². The maximum atomic E-state index is 12.4. The third-order valence-corrected chi connectivity index (χ3v) is 4.58. The quantitative estimate of drug-likeness (QED) is 0.568. The number of carboxylic acid groups (broad SMARTS) is 1. The predicted octanol–water partition coefficient (Wildman–Crippen LogP) is 3.52. The van der Waals surface area contributed by atoms with E-state index >= 15 is 0 Å². The van der Waals surface area contributed by atoms with E-state index in [9.17, 15) is 14.4 Å². The molecular formula is C19H22N2O5S. The fourth-order valence-corrected chi connectivity index (χ4v) is 3.29. The minimum absolute atomic E-state index is 0.0507. The van der Waals surface area contributed by atoms with E-state index < -0.39 is 18.0 Å². The Labute approximate surface area is 161 Å². The third-order valence-electron chi connectivity index (χ3n) is 3.75. The Bertz CT molecular complexity index is 775. The Balaban J connectivity index is 2.01. The van der Waals surface area contributed by atoms with Gasteiger partial charge in [-0.1, -0.05) is 30.3 Å². The number of carbonyl (C=O) groups is 3. The molecule has 0 aliphatic rings. The van der Waals surface area contributed by atoms with Gasteiger partial charge in [0.05, 0.1) is 12.2 Å². The van der Waals surface area contributed by atoms with Crippen molar-refractivity contribution < 1.29 is 24.2 Å². The van der Waals surface area contributed by atoms with Crippen LogP contribution in [-0.2, 0) is 16.0 Å². The number of urea groups is 1. The second-order valence-corrected chi connectivity index (χ2v) is 6.72. The molecule has 0 saturated carbocycles. The molecule has 8 heteroatoms. The van der Waals surface area contributed by atoms with E-state index in [-0.39, 0.29) is 19.1 Å². The summed E-state index contributed by atoms with van der Waals surface area (Å²) in [5, 5.41) is 16.5. The lowest BCUT2D eigenvalue weighted by Crippen LogP contribution is -2.39. The highest BCUT2D eigenvalue weighted by Gasteiger charge is 2.19. The van der Waals surface area contributed by atoms with Gasteiger partial charge in [-0.15, -0.1) is 11.3 Å². The van der Waals surface area contributed by atoms with Gasteiger partial charge in [0, 0.05) is 12.5 Å². The number of thiophene rings is 1. The maximum absolute atomic E-state index is 12.4. The molecule has 0 bridgehead atoms. The van der Waals surface area contributed by atoms with Gasteiger partial charge >= 0.3 is 18.0 Å². The molecule has 0 saturated heterocycles. The number of aliphatic carboxylic acids is 1. The van der Waals surface area contributed by atoms with E-state index in [1.165, 1.54) is 11.3 Å². The number of ether oxygens (including phenoxy) is 1. The molecular weight excluding hydrogens is 368 g/mol. The van der Waals surface area contributed by atoms with Gasteiger partial charge < -0.3 is 15.2 Å². The SMILES string of the molecule is CCOC(=O)c1ccsc1NC(=O)NC(CCC(=O)O)Cc1ccccc1. The van der Waals surface area contributed by atoms with Crippen LogP contribution in [0.5, 0.6) is 0 Å². The van der Waals surface area contributed by atoms with Crippen molar-refractivity contribution in [2.45, 2.75) is 32.2 Å². The molecule has 1 heterocycles. The Morgan fingerprint density at radius 3 is 2.59 bits per heavy atom. The average molecular weight is 390 g/mol. The fourth-order valence-electron chi connectivity index (χ4n) is 2.52. The topological polar surface area (TPSA) is 105 Å². The number of anilines is 1. The van der Waals surface area contributed by atoms with Crippen molar-refractivity contribution in [3.05, 3.63) is 52.9 Å². The van der Waals surface area contributed by atoms with Gasteiger partial charge in [0.25, 0.3) is 0 Å². The molecule has 0 fully saturated rings. The zero-order valence-corrected chi connectivity index (χ0v) is 15.8. The van der Waals surface area contributed by atoms with Gasteiger partial charge in [0.15, 0.2) is 0 Å². The Hall–Kier alpha value is -2.87. The second-order valence-electron chi connectivity index (χ2n) is 5.80. The molecule has 0 aliphatic carbocycles. The Morgan fingerprint density at radius 2 is 1.93 bits per heavy atom. The summed E-state index contributed by atoms with van der Waals surface area (Å²) >= 11 is 1.21. The number of hydrogen-bond donors (Lipinski definition) is 3. The average Bonchev–Trinajstić information content (AvgIpc) is 3.08. The van der Waals surface area contributed by atoms with Crippen LogP contribution >= 0.6 is 11.3 Å². The maximum Gasteiger partial charge on any atom is 0.341 e. The standard InChI is InChI=1S/C19H22N2O5S/c1-2-26-18(24)15-10-11-27-17(15)21-19(25)20-14(8-9-16(22)23)12-13-6-4-3-5-7-13/h3-7,10-11,14H,2,8-9,12H2,1H3,(H,22,23)(H2,20,21,25). The van der Waals surface area contributed by atoms with Crippen molar-refractivity contribution in [3.8, 4) is 0 Å². The highest BCUT2D eigenvalue weighted by Crippen LogP contribution is 2.24. The van der Waals surface area contributed by atoms with E-state index in [4.69, 9.17) is 9.84 Å². The number of esters is 1. The Morgan fingerprint density at radius 1 is 1.19 bits per heavy atom. The largest absolute Gasteiger partial charge is 0.481 e. The van der Waals surface area contributed by atoms with Crippen LogP contribution in [0.4, 0.5) is 9.80 Å². The van der Waals surface area contributed by atoms with Crippen LogP contribution < -0.4 is 10.6 Å². The molecule has 2 aromatic rings. The summed E-state index contributed by atoms with van der Waals surface area (Å²) in [5.41, 5.74) is 1.29. The van der Waals surface area contributed by atoms with Crippen molar-refractivity contribution in [2.75, 3.05) is 11.9 Å². The first kappa shape index (κ1) is 20.4. The van der Waals surface area contributed by atoms with E-state index in [1.807, 2.05) is 30.3 Å². The third kappa shape index (κ3) is 6.74. The molecule has 27 heavy (non-hydrogen) atoms. The fraction of sp³-hybridized carbons (Fsp3) is 0.316. The van der Waals surface area contributed by atoms with E-state index in [0.29, 0.717) is 23.4 Å². The molecule has 3 N–H and O–H groups in total. The summed E-state index contributed by atoms with van der Waals surface area (Å²) in [6.45, 7) is 1.95. The zero-order chi connectivity index (χ0) is 19.6. The van der Waals surface area contributed by atoms with Crippen molar-refractivity contribution in [3.63, 3.8) is 0 Å². The smallest absolute Gasteiger partial charge is 0.341 e. The van der Waals surface area contributed by atoms with Crippen molar-refractivity contribution in [2.24, 2.45) is 0 Å². The van der Waals surface area contributed by atoms with E-state index in [1.54, 1.807) is 18.4 Å². The van der Waals surface area contributed by atoms with Gasteiger partial charge in [-0.05, 0) is 36.8 Å². The van der Waals surface area contributed by atoms with Crippen LogP contribution in [0.3, 0.4) is 0 Å². The number of carbonyl (C=O) groups excluding carboxylic acids is 2. The monoisotopic (exact) mass is 390 g/mol. The second kappa shape index (κ2) is 10.3. The first-order valence-corrected chi connectivity index (χ1v) is 9.45. The molecule has 0 spiro atoms. The highest BCUT2D eigenvalue weighted by molar-refractivity contribution is 7.14. The Kier molecular flexibility index (Phi) is 7.81.